The second-order valence-corrected chi connectivity index (χ2v) is 7.89. The number of aromatic nitrogens is 2. The van der Waals surface area contributed by atoms with Crippen LogP contribution in [-0.4, -0.2) is 46.8 Å². The largest absolute Gasteiger partial charge is 0.354 e. The number of piperidine rings is 1. The van der Waals surface area contributed by atoms with E-state index in [9.17, 15) is 9.59 Å². The summed E-state index contributed by atoms with van der Waals surface area (Å²) in [7, 11) is 0. The van der Waals surface area contributed by atoms with E-state index < -0.39 is 5.54 Å². The van der Waals surface area contributed by atoms with Gasteiger partial charge in [-0.15, -0.1) is 12.4 Å². The Morgan fingerprint density at radius 3 is 2.75 bits per heavy atom. The van der Waals surface area contributed by atoms with Crippen LogP contribution in [0.2, 0.25) is 0 Å². The van der Waals surface area contributed by atoms with Crippen molar-refractivity contribution in [1.82, 2.24) is 25.7 Å². The van der Waals surface area contributed by atoms with E-state index in [2.05, 4.69) is 28.0 Å². The maximum Gasteiger partial charge on any atom is 0.272 e. The van der Waals surface area contributed by atoms with Crippen molar-refractivity contribution in [1.29, 1.82) is 0 Å². The molecule has 28 heavy (non-hydrogen) atoms. The van der Waals surface area contributed by atoms with Crippen molar-refractivity contribution in [2.45, 2.75) is 76.3 Å². The number of unbranched alkanes of at least 4 members (excludes halogenated alkanes) is 1. The molecule has 1 atom stereocenters. The van der Waals surface area contributed by atoms with E-state index in [1.165, 1.54) is 0 Å². The predicted molar refractivity (Wildman–Crippen MR) is 112 cm³/mol. The van der Waals surface area contributed by atoms with Crippen molar-refractivity contribution in [3.63, 3.8) is 0 Å². The second kappa shape index (κ2) is 10.8. The zero-order valence-corrected chi connectivity index (χ0v) is 17.7. The molecule has 2 heterocycles. The van der Waals surface area contributed by atoms with Crippen LogP contribution >= 0.6 is 12.4 Å². The lowest BCUT2D eigenvalue weighted by Crippen LogP contribution is -2.59. The Kier molecular flexibility index (Phi) is 8.76. The van der Waals surface area contributed by atoms with E-state index in [0.717, 1.165) is 58.0 Å². The number of nitrogens with one attached hydrogen (secondary N) is 3. The van der Waals surface area contributed by atoms with Crippen molar-refractivity contribution in [2.24, 2.45) is 0 Å². The van der Waals surface area contributed by atoms with Crippen LogP contribution in [0.15, 0.2) is 12.3 Å². The van der Waals surface area contributed by atoms with Crippen LogP contribution in [-0.2, 0) is 4.79 Å². The summed E-state index contributed by atoms with van der Waals surface area (Å²) in [5.41, 5.74) is -0.397. The SMILES string of the molecule is CCCCNC(=O)C1(NC(=O)c2ccn(C3CCCNC3)n2)CCCCC1.Cl. The van der Waals surface area contributed by atoms with Gasteiger partial charge in [0.25, 0.3) is 5.91 Å². The molecule has 1 saturated carbocycles. The molecule has 8 heteroatoms. The van der Waals surface area contributed by atoms with Gasteiger partial charge in [0.1, 0.15) is 11.2 Å². The maximum atomic E-state index is 12.9. The minimum Gasteiger partial charge on any atom is -0.354 e. The standard InChI is InChI=1S/C20H33N5O2.ClH/c1-2-3-13-22-19(27)20(10-5-4-6-11-20)23-18(26)17-9-14-25(24-17)16-8-7-12-21-15-16;/h9,14,16,21H,2-8,10-13,15H2,1H3,(H,22,27)(H,23,26);1H. The zero-order chi connectivity index (χ0) is 19.1. The minimum atomic E-state index is -0.792. The number of carbonyl (C=O) groups excluding carboxylic acids is 2. The number of nitrogens with zero attached hydrogens (tertiary/aromatic N) is 2. The van der Waals surface area contributed by atoms with Crippen LogP contribution in [0, 0.1) is 0 Å². The third kappa shape index (κ3) is 5.47. The molecule has 1 aromatic rings. The zero-order valence-electron chi connectivity index (χ0n) is 16.8. The lowest BCUT2D eigenvalue weighted by Gasteiger charge is -2.36. The first kappa shape index (κ1) is 22.7. The van der Waals surface area contributed by atoms with Crippen molar-refractivity contribution in [2.75, 3.05) is 19.6 Å². The number of amides is 2. The first-order valence-corrected chi connectivity index (χ1v) is 10.5. The minimum absolute atomic E-state index is 0. The summed E-state index contributed by atoms with van der Waals surface area (Å²) in [4.78, 5) is 25.7. The smallest absolute Gasteiger partial charge is 0.272 e. The summed E-state index contributed by atoms with van der Waals surface area (Å²) in [6, 6.07) is 2.05. The number of halogens is 1. The second-order valence-electron chi connectivity index (χ2n) is 7.89. The van der Waals surface area contributed by atoms with Crippen LogP contribution in [0.3, 0.4) is 0 Å². The summed E-state index contributed by atoms with van der Waals surface area (Å²) in [5, 5.41) is 13.9. The Morgan fingerprint density at radius 2 is 2.07 bits per heavy atom. The number of rotatable bonds is 7. The molecule has 1 saturated heterocycles. The molecule has 0 aromatic carbocycles. The Balaban J connectivity index is 0.00000280. The molecular formula is C20H34ClN5O2. The van der Waals surface area contributed by atoms with Gasteiger partial charge in [0.2, 0.25) is 5.91 Å². The number of hydrogen-bond donors (Lipinski definition) is 3. The van der Waals surface area contributed by atoms with E-state index in [1.54, 1.807) is 6.07 Å². The predicted octanol–water partition coefficient (Wildman–Crippen LogP) is 2.58. The molecule has 0 spiro atoms. The van der Waals surface area contributed by atoms with Gasteiger partial charge in [-0.1, -0.05) is 32.6 Å². The lowest BCUT2D eigenvalue weighted by molar-refractivity contribution is -0.128. The molecule has 3 N–H and O–H groups in total. The van der Waals surface area contributed by atoms with Gasteiger partial charge in [-0.2, -0.15) is 5.10 Å². The van der Waals surface area contributed by atoms with Gasteiger partial charge in [-0.3, -0.25) is 14.3 Å². The van der Waals surface area contributed by atoms with E-state index in [4.69, 9.17) is 0 Å². The highest BCUT2D eigenvalue weighted by atomic mass is 35.5. The molecule has 1 aromatic heterocycles. The molecule has 0 radical (unpaired) electrons. The van der Waals surface area contributed by atoms with Crippen LogP contribution < -0.4 is 16.0 Å². The Hall–Kier alpha value is -1.60. The fourth-order valence-electron chi connectivity index (χ4n) is 4.12. The molecule has 3 rings (SSSR count). The molecule has 158 valence electrons. The highest BCUT2D eigenvalue weighted by Crippen LogP contribution is 2.29. The van der Waals surface area contributed by atoms with Crippen molar-refractivity contribution < 1.29 is 9.59 Å². The summed E-state index contributed by atoms with van der Waals surface area (Å²) in [6.07, 6.45) is 10.5. The number of hydrogen-bond acceptors (Lipinski definition) is 4. The van der Waals surface area contributed by atoms with E-state index >= 15 is 0 Å². The van der Waals surface area contributed by atoms with E-state index in [0.29, 0.717) is 31.1 Å². The van der Waals surface area contributed by atoms with E-state index in [1.807, 2.05) is 10.9 Å². The summed E-state index contributed by atoms with van der Waals surface area (Å²) >= 11 is 0. The van der Waals surface area contributed by atoms with Crippen LogP contribution in [0.4, 0.5) is 0 Å². The molecule has 1 unspecified atom stereocenters. The maximum absolute atomic E-state index is 12.9. The van der Waals surface area contributed by atoms with Gasteiger partial charge in [0, 0.05) is 19.3 Å². The van der Waals surface area contributed by atoms with Crippen molar-refractivity contribution >= 4 is 24.2 Å². The fraction of sp³-hybridized carbons (Fsp3) is 0.750. The first-order valence-electron chi connectivity index (χ1n) is 10.5. The third-order valence-corrected chi connectivity index (χ3v) is 5.80. The summed E-state index contributed by atoms with van der Waals surface area (Å²) in [5.74, 6) is -0.287. The van der Waals surface area contributed by atoms with Crippen molar-refractivity contribution in [3.05, 3.63) is 18.0 Å². The summed E-state index contributed by atoms with van der Waals surface area (Å²) < 4.78 is 1.88. The van der Waals surface area contributed by atoms with E-state index in [-0.39, 0.29) is 24.2 Å². The third-order valence-electron chi connectivity index (χ3n) is 5.80. The molecule has 1 aliphatic heterocycles. The van der Waals surface area contributed by atoms with Crippen LogP contribution in [0.25, 0.3) is 0 Å². The molecule has 2 fully saturated rings. The fourth-order valence-corrected chi connectivity index (χ4v) is 4.12. The average molecular weight is 412 g/mol. The Bertz CT molecular complexity index is 636. The first-order chi connectivity index (χ1) is 13.1. The van der Waals surface area contributed by atoms with Crippen molar-refractivity contribution in [3.8, 4) is 0 Å². The number of carbonyl (C=O) groups is 2. The highest BCUT2D eigenvalue weighted by molar-refractivity contribution is 5.98. The van der Waals surface area contributed by atoms with Gasteiger partial charge in [0.15, 0.2) is 0 Å². The molecule has 7 nitrogen and oxygen atoms in total. The van der Waals surface area contributed by atoms with Gasteiger partial charge < -0.3 is 16.0 Å². The summed E-state index contributed by atoms with van der Waals surface area (Å²) in [6.45, 7) is 4.69. The average Bonchev–Trinajstić information content (AvgIpc) is 3.20. The highest BCUT2D eigenvalue weighted by Gasteiger charge is 2.41. The van der Waals surface area contributed by atoms with Crippen LogP contribution in [0.1, 0.15) is 81.2 Å². The molecule has 1 aliphatic carbocycles. The Morgan fingerprint density at radius 1 is 1.29 bits per heavy atom. The Labute approximate surface area is 173 Å². The van der Waals surface area contributed by atoms with Crippen LogP contribution in [0.5, 0.6) is 0 Å². The van der Waals surface area contributed by atoms with Gasteiger partial charge in [-0.05, 0) is 44.7 Å². The monoisotopic (exact) mass is 411 g/mol. The molecular weight excluding hydrogens is 378 g/mol. The topological polar surface area (TPSA) is 88.0 Å². The van der Waals surface area contributed by atoms with Gasteiger partial charge >= 0.3 is 0 Å². The molecule has 2 aliphatic rings. The lowest BCUT2D eigenvalue weighted by atomic mass is 9.80. The normalized spacial score (nSPS) is 21.4. The molecule has 0 bridgehead atoms. The molecule has 2 amide bonds. The van der Waals surface area contributed by atoms with Gasteiger partial charge in [0.05, 0.1) is 6.04 Å². The quantitative estimate of drug-likeness (QED) is 0.601. The van der Waals surface area contributed by atoms with Gasteiger partial charge in [-0.25, -0.2) is 0 Å².